The van der Waals surface area contributed by atoms with Gasteiger partial charge in [0.05, 0.1) is 0 Å². The summed E-state index contributed by atoms with van der Waals surface area (Å²) in [6, 6.07) is 32.1. The first-order valence-corrected chi connectivity index (χ1v) is 8.85. The van der Waals surface area contributed by atoms with E-state index in [1.807, 2.05) is 0 Å². The van der Waals surface area contributed by atoms with Crippen molar-refractivity contribution < 1.29 is 0 Å². The van der Waals surface area contributed by atoms with Crippen LogP contribution >= 0.6 is 0 Å². The van der Waals surface area contributed by atoms with Crippen molar-refractivity contribution in [1.82, 2.24) is 4.90 Å². The molecule has 0 N–H and O–H groups in total. The number of hydrogen-bond donors (Lipinski definition) is 0. The number of hydrogen-bond acceptors (Lipinski definition) is 1. The highest BCUT2D eigenvalue weighted by molar-refractivity contribution is 5.45. The SMILES string of the molecule is c1ccc(CN2C3CC(c4ccccc4)C2c2ccccc23)cc1. The van der Waals surface area contributed by atoms with Crippen molar-refractivity contribution in [3.8, 4) is 0 Å². The van der Waals surface area contributed by atoms with Crippen LogP contribution < -0.4 is 0 Å². The average molecular weight is 311 g/mol. The standard InChI is InChI=1S/C23H21N/c1-3-9-17(10-4-1)16-24-22-15-21(18-11-5-2-6-12-18)23(24)20-14-8-7-13-19(20)22/h1-14,21-23H,15-16H2. The molecule has 2 heterocycles. The summed E-state index contributed by atoms with van der Waals surface area (Å²) in [6.07, 6.45) is 1.23. The van der Waals surface area contributed by atoms with Crippen LogP contribution in [0.25, 0.3) is 0 Å². The molecule has 3 aromatic carbocycles. The highest BCUT2D eigenvalue weighted by atomic mass is 15.2. The van der Waals surface area contributed by atoms with Crippen LogP contribution in [0.5, 0.6) is 0 Å². The van der Waals surface area contributed by atoms with Gasteiger partial charge in [-0.25, -0.2) is 0 Å². The Balaban J connectivity index is 1.55. The molecule has 0 spiro atoms. The molecule has 3 unspecified atom stereocenters. The lowest BCUT2D eigenvalue weighted by atomic mass is 9.80. The van der Waals surface area contributed by atoms with E-state index < -0.39 is 0 Å². The van der Waals surface area contributed by atoms with Gasteiger partial charge in [0, 0.05) is 24.5 Å². The van der Waals surface area contributed by atoms with E-state index in [1.54, 1.807) is 11.1 Å². The molecule has 0 aromatic heterocycles. The summed E-state index contributed by atoms with van der Waals surface area (Å²) < 4.78 is 0. The van der Waals surface area contributed by atoms with E-state index in [0.29, 0.717) is 18.0 Å². The van der Waals surface area contributed by atoms with E-state index >= 15 is 0 Å². The quantitative estimate of drug-likeness (QED) is 0.620. The Morgan fingerprint density at radius 1 is 0.708 bits per heavy atom. The Morgan fingerprint density at radius 2 is 1.33 bits per heavy atom. The second-order valence-corrected chi connectivity index (χ2v) is 7.00. The van der Waals surface area contributed by atoms with Gasteiger partial charge in [-0.15, -0.1) is 0 Å². The van der Waals surface area contributed by atoms with Gasteiger partial charge >= 0.3 is 0 Å². The fraction of sp³-hybridized carbons (Fsp3) is 0.217. The Kier molecular flexibility index (Phi) is 3.27. The van der Waals surface area contributed by atoms with Gasteiger partial charge in [-0.1, -0.05) is 84.9 Å². The first-order chi connectivity index (χ1) is 11.9. The van der Waals surface area contributed by atoms with Crippen LogP contribution in [0.2, 0.25) is 0 Å². The maximum Gasteiger partial charge on any atom is 0.0430 e. The topological polar surface area (TPSA) is 3.24 Å². The molecule has 0 aliphatic carbocycles. The molecule has 5 rings (SSSR count). The highest BCUT2D eigenvalue weighted by Crippen LogP contribution is 2.59. The smallest absolute Gasteiger partial charge is 0.0430 e. The summed E-state index contributed by atoms with van der Waals surface area (Å²) in [5, 5.41) is 0. The molecule has 0 radical (unpaired) electrons. The third-order valence-corrected chi connectivity index (χ3v) is 5.73. The monoisotopic (exact) mass is 311 g/mol. The van der Waals surface area contributed by atoms with Gasteiger partial charge in [-0.2, -0.15) is 0 Å². The van der Waals surface area contributed by atoms with Crippen LogP contribution in [0.1, 0.15) is 46.7 Å². The molecule has 3 atom stereocenters. The predicted molar refractivity (Wildman–Crippen MR) is 97.7 cm³/mol. The van der Waals surface area contributed by atoms with Crippen molar-refractivity contribution >= 4 is 0 Å². The molecular weight excluding hydrogens is 290 g/mol. The third kappa shape index (κ3) is 2.12. The minimum absolute atomic E-state index is 0.508. The number of benzene rings is 3. The lowest BCUT2D eigenvalue weighted by molar-refractivity contribution is 0.209. The summed E-state index contributed by atoms with van der Waals surface area (Å²) in [7, 11) is 0. The second kappa shape index (κ2) is 5.61. The van der Waals surface area contributed by atoms with Crippen LogP contribution in [0, 0.1) is 0 Å². The first kappa shape index (κ1) is 14.0. The zero-order valence-electron chi connectivity index (χ0n) is 13.7. The second-order valence-electron chi connectivity index (χ2n) is 7.00. The van der Waals surface area contributed by atoms with Crippen molar-refractivity contribution in [3.05, 3.63) is 107 Å². The van der Waals surface area contributed by atoms with Crippen molar-refractivity contribution in [2.45, 2.75) is 31.0 Å². The maximum atomic E-state index is 2.72. The Morgan fingerprint density at radius 3 is 2.08 bits per heavy atom. The van der Waals surface area contributed by atoms with Crippen LogP contribution in [-0.4, -0.2) is 4.90 Å². The molecule has 1 heteroatoms. The number of fused-ring (bicyclic) bond motifs is 5. The first-order valence-electron chi connectivity index (χ1n) is 8.85. The molecular formula is C23H21N. The van der Waals surface area contributed by atoms with E-state index in [1.165, 1.54) is 17.5 Å². The molecule has 2 aliphatic heterocycles. The van der Waals surface area contributed by atoms with E-state index in [4.69, 9.17) is 0 Å². The van der Waals surface area contributed by atoms with E-state index in [9.17, 15) is 0 Å². The largest absolute Gasteiger partial charge is 0.284 e. The summed E-state index contributed by atoms with van der Waals surface area (Å²) in [4.78, 5) is 2.72. The molecule has 2 bridgehead atoms. The summed E-state index contributed by atoms with van der Waals surface area (Å²) >= 11 is 0. The molecule has 0 amide bonds. The zero-order valence-corrected chi connectivity index (χ0v) is 13.7. The number of nitrogens with zero attached hydrogens (tertiary/aromatic N) is 1. The van der Waals surface area contributed by atoms with Crippen molar-refractivity contribution in [1.29, 1.82) is 0 Å². The fourth-order valence-electron chi connectivity index (χ4n) is 4.74. The van der Waals surface area contributed by atoms with E-state index in [2.05, 4.69) is 89.8 Å². The fourth-order valence-corrected chi connectivity index (χ4v) is 4.74. The van der Waals surface area contributed by atoms with Crippen molar-refractivity contribution in [2.24, 2.45) is 0 Å². The highest BCUT2D eigenvalue weighted by Gasteiger charge is 2.49. The molecule has 0 saturated carbocycles. The molecule has 24 heavy (non-hydrogen) atoms. The molecule has 3 aromatic rings. The maximum absolute atomic E-state index is 2.72. The van der Waals surface area contributed by atoms with Crippen LogP contribution in [0.15, 0.2) is 84.9 Å². The lowest BCUT2D eigenvalue weighted by Crippen LogP contribution is -2.20. The van der Waals surface area contributed by atoms with Gasteiger partial charge in [0.25, 0.3) is 0 Å². The predicted octanol–water partition coefficient (Wildman–Crippen LogP) is 5.47. The third-order valence-electron chi connectivity index (χ3n) is 5.73. The molecule has 1 saturated heterocycles. The van der Waals surface area contributed by atoms with Gasteiger partial charge in [-0.05, 0) is 28.7 Å². The zero-order chi connectivity index (χ0) is 15.9. The molecule has 1 nitrogen and oxygen atoms in total. The molecule has 2 aliphatic rings. The molecule has 1 fully saturated rings. The minimum Gasteiger partial charge on any atom is -0.284 e. The normalized spacial score (nSPS) is 24.9. The van der Waals surface area contributed by atoms with Gasteiger partial charge < -0.3 is 0 Å². The Hall–Kier alpha value is -2.38. The Bertz CT molecular complexity index is 840. The Labute approximate surface area is 143 Å². The van der Waals surface area contributed by atoms with Crippen LogP contribution in [0.3, 0.4) is 0 Å². The average Bonchev–Trinajstić information content (AvgIpc) is 3.16. The van der Waals surface area contributed by atoms with Crippen LogP contribution in [0.4, 0.5) is 0 Å². The van der Waals surface area contributed by atoms with Gasteiger partial charge in [0.15, 0.2) is 0 Å². The summed E-state index contributed by atoms with van der Waals surface area (Å²) in [5.74, 6) is 0.606. The lowest BCUT2D eigenvalue weighted by Gasteiger charge is -2.26. The number of rotatable bonds is 3. The van der Waals surface area contributed by atoms with Crippen molar-refractivity contribution in [3.63, 3.8) is 0 Å². The van der Waals surface area contributed by atoms with Crippen LogP contribution in [-0.2, 0) is 6.54 Å². The summed E-state index contributed by atoms with van der Waals surface area (Å²) in [6.45, 7) is 1.04. The van der Waals surface area contributed by atoms with Crippen molar-refractivity contribution in [2.75, 3.05) is 0 Å². The van der Waals surface area contributed by atoms with Gasteiger partial charge in [0.2, 0.25) is 0 Å². The van der Waals surface area contributed by atoms with E-state index in [0.717, 1.165) is 6.54 Å². The van der Waals surface area contributed by atoms with Gasteiger partial charge in [-0.3, -0.25) is 4.90 Å². The van der Waals surface area contributed by atoms with E-state index in [-0.39, 0.29) is 0 Å². The molecule has 118 valence electrons. The summed E-state index contributed by atoms with van der Waals surface area (Å²) in [5.41, 5.74) is 5.98. The minimum atomic E-state index is 0.508. The van der Waals surface area contributed by atoms with Gasteiger partial charge in [0.1, 0.15) is 0 Å².